The molecule has 0 amide bonds. The Hall–Kier alpha value is -1.22. The van der Waals surface area contributed by atoms with Gasteiger partial charge in [-0.15, -0.1) is 0 Å². The van der Waals surface area contributed by atoms with E-state index in [1.54, 1.807) is 0 Å². The van der Waals surface area contributed by atoms with Gasteiger partial charge in [0.05, 0.1) is 0 Å². The Kier molecular flexibility index (Phi) is 3.34. The van der Waals surface area contributed by atoms with E-state index in [1.807, 2.05) is 12.1 Å². The molecule has 2 N–H and O–H groups in total. The highest BCUT2D eigenvalue weighted by Crippen LogP contribution is 2.25. The Morgan fingerprint density at radius 3 is 2.50 bits per heavy atom. The Labute approximate surface area is 97.8 Å². The highest BCUT2D eigenvalue weighted by atomic mass is 15.3. The SMILES string of the molecule is CCN1CCN(c2cccc(N)c2C)CC1. The Bertz CT molecular complexity index is 354. The maximum Gasteiger partial charge on any atom is 0.0417 e. The van der Waals surface area contributed by atoms with Crippen molar-refractivity contribution in [3.8, 4) is 0 Å². The summed E-state index contributed by atoms with van der Waals surface area (Å²) in [7, 11) is 0. The first kappa shape index (κ1) is 11.3. The van der Waals surface area contributed by atoms with Crippen molar-refractivity contribution in [2.24, 2.45) is 0 Å². The molecule has 0 saturated carbocycles. The second-order valence-corrected chi connectivity index (χ2v) is 4.41. The quantitative estimate of drug-likeness (QED) is 0.769. The topological polar surface area (TPSA) is 32.5 Å². The molecule has 1 fully saturated rings. The summed E-state index contributed by atoms with van der Waals surface area (Å²) in [6.45, 7) is 10.0. The number of benzene rings is 1. The lowest BCUT2D eigenvalue weighted by atomic mass is 10.1. The van der Waals surface area contributed by atoms with E-state index in [2.05, 4.69) is 29.7 Å². The molecule has 0 aromatic heterocycles. The molecule has 1 aromatic carbocycles. The van der Waals surface area contributed by atoms with E-state index in [0.29, 0.717) is 0 Å². The first-order valence-corrected chi connectivity index (χ1v) is 6.04. The summed E-state index contributed by atoms with van der Waals surface area (Å²) in [5, 5.41) is 0. The van der Waals surface area contributed by atoms with Gasteiger partial charge < -0.3 is 15.5 Å². The minimum Gasteiger partial charge on any atom is -0.398 e. The van der Waals surface area contributed by atoms with Crippen molar-refractivity contribution in [2.45, 2.75) is 13.8 Å². The highest BCUT2D eigenvalue weighted by Gasteiger charge is 2.17. The van der Waals surface area contributed by atoms with E-state index in [4.69, 9.17) is 5.73 Å². The van der Waals surface area contributed by atoms with Crippen LogP contribution in [0.15, 0.2) is 18.2 Å². The lowest BCUT2D eigenvalue weighted by molar-refractivity contribution is 0.271. The van der Waals surface area contributed by atoms with E-state index in [-0.39, 0.29) is 0 Å². The molecule has 0 radical (unpaired) electrons. The number of rotatable bonds is 2. The van der Waals surface area contributed by atoms with Gasteiger partial charge in [0, 0.05) is 37.6 Å². The molecule has 1 aromatic rings. The van der Waals surface area contributed by atoms with Crippen molar-refractivity contribution >= 4 is 11.4 Å². The second kappa shape index (κ2) is 4.74. The molecule has 0 atom stereocenters. The average molecular weight is 219 g/mol. The van der Waals surface area contributed by atoms with Gasteiger partial charge in [-0.2, -0.15) is 0 Å². The van der Waals surface area contributed by atoms with Crippen LogP contribution in [0.25, 0.3) is 0 Å². The lowest BCUT2D eigenvalue weighted by Crippen LogP contribution is -2.46. The van der Waals surface area contributed by atoms with Crippen molar-refractivity contribution < 1.29 is 0 Å². The number of piperazine rings is 1. The van der Waals surface area contributed by atoms with Gasteiger partial charge in [0.15, 0.2) is 0 Å². The summed E-state index contributed by atoms with van der Waals surface area (Å²) in [5.74, 6) is 0. The first-order chi connectivity index (χ1) is 7.72. The Balaban J connectivity index is 2.11. The predicted molar refractivity (Wildman–Crippen MR) is 69.9 cm³/mol. The largest absolute Gasteiger partial charge is 0.398 e. The van der Waals surface area contributed by atoms with Crippen LogP contribution in [0.3, 0.4) is 0 Å². The minimum absolute atomic E-state index is 0.899. The van der Waals surface area contributed by atoms with Gasteiger partial charge in [-0.05, 0) is 31.2 Å². The fourth-order valence-corrected chi connectivity index (χ4v) is 2.29. The average Bonchev–Trinajstić information content (AvgIpc) is 2.33. The van der Waals surface area contributed by atoms with E-state index < -0.39 is 0 Å². The molecule has 0 spiro atoms. The highest BCUT2D eigenvalue weighted by molar-refractivity contribution is 5.64. The fraction of sp³-hybridized carbons (Fsp3) is 0.538. The number of hydrogen-bond acceptors (Lipinski definition) is 3. The Morgan fingerprint density at radius 2 is 1.88 bits per heavy atom. The van der Waals surface area contributed by atoms with Crippen molar-refractivity contribution in [1.29, 1.82) is 0 Å². The predicted octanol–water partition coefficient (Wildman–Crippen LogP) is 1.72. The number of hydrogen-bond donors (Lipinski definition) is 1. The van der Waals surface area contributed by atoms with Crippen LogP contribution in [0.4, 0.5) is 11.4 Å². The van der Waals surface area contributed by atoms with Gasteiger partial charge in [0.1, 0.15) is 0 Å². The number of likely N-dealkylation sites (N-methyl/N-ethyl adjacent to an activating group) is 1. The van der Waals surface area contributed by atoms with Gasteiger partial charge in [-0.3, -0.25) is 0 Å². The van der Waals surface area contributed by atoms with Gasteiger partial charge in [-0.1, -0.05) is 13.0 Å². The molecule has 88 valence electrons. The molecule has 1 heterocycles. The molecule has 2 rings (SSSR count). The molecular weight excluding hydrogens is 198 g/mol. The maximum atomic E-state index is 5.94. The third-order valence-electron chi connectivity index (χ3n) is 3.51. The van der Waals surface area contributed by atoms with Crippen molar-refractivity contribution in [3.05, 3.63) is 23.8 Å². The van der Waals surface area contributed by atoms with E-state index in [1.165, 1.54) is 11.3 Å². The number of anilines is 2. The zero-order chi connectivity index (χ0) is 11.5. The van der Waals surface area contributed by atoms with Gasteiger partial charge in [0.2, 0.25) is 0 Å². The summed E-state index contributed by atoms with van der Waals surface area (Å²) < 4.78 is 0. The van der Waals surface area contributed by atoms with Crippen LogP contribution >= 0.6 is 0 Å². The standard InChI is InChI=1S/C13H21N3/c1-3-15-7-9-16(10-8-15)13-6-4-5-12(14)11(13)2/h4-6H,3,7-10,14H2,1-2H3. The smallest absolute Gasteiger partial charge is 0.0417 e. The van der Waals surface area contributed by atoms with Crippen LogP contribution in [-0.2, 0) is 0 Å². The number of nitrogen functional groups attached to an aromatic ring is 1. The minimum atomic E-state index is 0.899. The Morgan fingerprint density at radius 1 is 1.19 bits per heavy atom. The van der Waals surface area contributed by atoms with Crippen molar-refractivity contribution in [1.82, 2.24) is 4.90 Å². The van der Waals surface area contributed by atoms with Crippen molar-refractivity contribution in [2.75, 3.05) is 43.4 Å². The van der Waals surface area contributed by atoms with Crippen molar-refractivity contribution in [3.63, 3.8) is 0 Å². The van der Waals surface area contributed by atoms with E-state index >= 15 is 0 Å². The first-order valence-electron chi connectivity index (χ1n) is 6.04. The molecule has 1 aliphatic heterocycles. The van der Waals surface area contributed by atoms with Crippen LogP contribution < -0.4 is 10.6 Å². The normalized spacial score (nSPS) is 17.8. The monoisotopic (exact) mass is 219 g/mol. The third kappa shape index (κ3) is 2.14. The molecule has 0 aliphatic carbocycles. The zero-order valence-electron chi connectivity index (χ0n) is 10.2. The zero-order valence-corrected chi connectivity index (χ0v) is 10.2. The van der Waals surface area contributed by atoms with Gasteiger partial charge in [-0.25, -0.2) is 0 Å². The van der Waals surface area contributed by atoms with Crippen LogP contribution in [0, 0.1) is 6.92 Å². The summed E-state index contributed by atoms with van der Waals surface area (Å²) in [4.78, 5) is 4.93. The summed E-state index contributed by atoms with van der Waals surface area (Å²) in [6.07, 6.45) is 0. The molecule has 16 heavy (non-hydrogen) atoms. The molecule has 1 saturated heterocycles. The van der Waals surface area contributed by atoms with Crippen LogP contribution in [0.1, 0.15) is 12.5 Å². The van der Waals surface area contributed by atoms with Gasteiger partial charge in [0.25, 0.3) is 0 Å². The molecule has 1 aliphatic rings. The third-order valence-corrected chi connectivity index (χ3v) is 3.51. The summed E-state index contributed by atoms with van der Waals surface area (Å²) >= 11 is 0. The van der Waals surface area contributed by atoms with Crippen LogP contribution in [0.2, 0.25) is 0 Å². The second-order valence-electron chi connectivity index (χ2n) is 4.41. The van der Waals surface area contributed by atoms with E-state index in [9.17, 15) is 0 Å². The van der Waals surface area contributed by atoms with E-state index in [0.717, 1.165) is 38.4 Å². The lowest BCUT2D eigenvalue weighted by Gasteiger charge is -2.36. The molecular formula is C13H21N3. The molecule has 3 nitrogen and oxygen atoms in total. The molecule has 3 heteroatoms. The number of nitrogens with two attached hydrogens (primary N) is 1. The van der Waals surface area contributed by atoms with Crippen LogP contribution in [-0.4, -0.2) is 37.6 Å². The number of nitrogens with zero attached hydrogens (tertiary/aromatic N) is 2. The summed E-state index contributed by atoms with van der Waals surface area (Å²) in [5.41, 5.74) is 9.36. The molecule has 0 unspecified atom stereocenters. The maximum absolute atomic E-state index is 5.94. The fourth-order valence-electron chi connectivity index (χ4n) is 2.29. The summed E-state index contributed by atoms with van der Waals surface area (Å²) in [6, 6.07) is 6.19. The molecule has 0 bridgehead atoms. The van der Waals surface area contributed by atoms with Gasteiger partial charge >= 0.3 is 0 Å². The van der Waals surface area contributed by atoms with Crippen LogP contribution in [0.5, 0.6) is 0 Å².